The zero-order chi connectivity index (χ0) is 17.1. The fourth-order valence-corrected chi connectivity index (χ4v) is 2.64. The maximum Gasteiger partial charge on any atom is 0.328 e. The molecular weight excluding hydrogens is 357 g/mol. The summed E-state index contributed by atoms with van der Waals surface area (Å²) in [5.74, 6) is 0.0818. The first-order valence-corrected chi connectivity index (χ1v) is 7.92. The first-order valence-electron chi connectivity index (χ1n) is 7.17. The third-order valence-corrected chi connectivity index (χ3v) is 3.92. The lowest BCUT2D eigenvalue weighted by molar-refractivity contribution is -0.139. The predicted octanol–water partition coefficient (Wildman–Crippen LogP) is 3.21. The molecule has 1 N–H and O–H groups in total. The number of benzene rings is 1. The molecule has 3 rings (SSSR count). The van der Waals surface area contributed by atoms with Crippen LogP contribution in [0.25, 0.3) is 0 Å². The van der Waals surface area contributed by atoms with E-state index in [4.69, 9.17) is 37.1 Å². The number of cyclic esters (lactones) is 1. The van der Waals surface area contributed by atoms with E-state index in [1.165, 1.54) is 6.07 Å². The summed E-state index contributed by atoms with van der Waals surface area (Å²) in [4.78, 5) is 23.4. The van der Waals surface area contributed by atoms with Gasteiger partial charge in [-0.25, -0.2) is 4.79 Å². The lowest BCUT2D eigenvalue weighted by atomic mass is 10.2. The SMILES string of the molecule is O=C(N[C@H]1CCOC1=O)c1ccc(COc2ccc(Cl)cc2Cl)o1. The van der Waals surface area contributed by atoms with Gasteiger partial charge < -0.3 is 19.2 Å². The monoisotopic (exact) mass is 369 g/mol. The molecule has 2 heterocycles. The number of hydrogen-bond acceptors (Lipinski definition) is 5. The topological polar surface area (TPSA) is 77.8 Å². The third-order valence-electron chi connectivity index (χ3n) is 3.39. The Labute approximate surface area is 147 Å². The van der Waals surface area contributed by atoms with Crippen molar-refractivity contribution in [3.63, 3.8) is 0 Å². The molecule has 6 nitrogen and oxygen atoms in total. The van der Waals surface area contributed by atoms with Crippen LogP contribution in [0.2, 0.25) is 10.0 Å². The van der Waals surface area contributed by atoms with Crippen molar-refractivity contribution in [2.75, 3.05) is 6.61 Å². The van der Waals surface area contributed by atoms with Crippen molar-refractivity contribution in [2.45, 2.75) is 19.1 Å². The van der Waals surface area contributed by atoms with Crippen LogP contribution in [0.3, 0.4) is 0 Å². The predicted molar refractivity (Wildman–Crippen MR) is 86.3 cm³/mol. The van der Waals surface area contributed by atoms with Gasteiger partial charge in [0, 0.05) is 11.4 Å². The van der Waals surface area contributed by atoms with Crippen LogP contribution in [0.5, 0.6) is 5.75 Å². The Bertz CT molecular complexity index is 774. The molecule has 0 unspecified atom stereocenters. The Morgan fingerprint density at radius 1 is 1.29 bits per heavy atom. The van der Waals surface area contributed by atoms with E-state index < -0.39 is 17.9 Å². The smallest absolute Gasteiger partial charge is 0.328 e. The zero-order valence-electron chi connectivity index (χ0n) is 12.4. The molecule has 0 radical (unpaired) electrons. The number of furan rings is 1. The van der Waals surface area contributed by atoms with Crippen LogP contribution in [-0.2, 0) is 16.1 Å². The van der Waals surface area contributed by atoms with Gasteiger partial charge in [-0.05, 0) is 30.3 Å². The van der Waals surface area contributed by atoms with Crippen LogP contribution in [0, 0.1) is 0 Å². The fourth-order valence-electron chi connectivity index (χ4n) is 2.17. The molecule has 0 spiro atoms. The number of amides is 1. The van der Waals surface area contributed by atoms with Crippen LogP contribution in [0.4, 0.5) is 0 Å². The van der Waals surface area contributed by atoms with Gasteiger partial charge in [0.2, 0.25) is 0 Å². The van der Waals surface area contributed by atoms with Gasteiger partial charge in [-0.3, -0.25) is 4.79 Å². The van der Waals surface area contributed by atoms with Crippen molar-refractivity contribution in [3.05, 3.63) is 51.9 Å². The van der Waals surface area contributed by atoms with Crippen molar-refractivity contribution in [1.82, 2.24) is 5.32 Å². The Morgan fingerprint density at radius 2 is 2.12 bits per heavy atom. The maximum atomic E-state index is 12.0. The molecule has 126 valence electrons. The minimum Gasteiger partial charge on any atom is -0.484 e. The molecular formula is C16H13Cl2NO5. The summed E-state index contributed by atoms with van der Waals surface area (Å²) in [5, 5.41) is 3.45. The van der Waals surface area contributed by atoms with Gasteiger partial charge in [-0.2, -0.15) is 0 Å². The molecule has 1 saturated heterocycles. The molecule has 0 bridgehead atoms. The minimum absolute atomic E-state index is 0.0931. The fraction of sp³-hybridized carbons (Fsp3) is 0.250. The van der Waals surface area contributed by atoms with E-state index >= 15 is 0 Å². The highest BCUT2D eigenvalue weighted by molar-refractivity contribution is 6.35. The van der Waals surface area contributed by atoms with Gasteiger partial charge >= 0.3 is 5.97 Å². The van der Waals surface area contributed by atoms with Crippen LogP contribution in [0.15, 0.2) is 34.7 Å². The first kappa shape index (κ1) is 16.7. The van der Waals surface area contributed by atoms with Crippen molar-refractivity contribution in [1.29, 1.82) is 0 Å². The van der Waals surface area contributed by atoms with Crippen LogP contribution >= 0.6 is 23.2 Å². The molecule has 24 heavy (non-hydrogen) atoms. The highest BCUT2D eigenvalue weighted by Crippen LogP contribution is 2.28. The van der Waals surface area contributed by atoms with E-state index in [-0.39, 0.29) is 12.4 Å². The number of halogens is 2. The molecule has 1 aromatic carbocycles. The average molecular weight is 370 g/mol. The summed E-state index contributed by atoms with van der Waals surface area (Å²) >= 11 is 11.8. The van der Waals surface area contributed by atoms with E-state index in [2.05, 4.69) is 5.32 Å². The van der Waals surface area contributed by atoms with E-state index in [0.717, 1.165) is 0 Å². The molecule has 1 aromatic heterocycles. The van der Waals surface area contributed by atoms with E-state index in [0.29, 0.717) is 34.6 Å². The number of hydrogen-bond donors (Lipinski definition) is 1. The summed E-state index contributed by atoms with van der Waals surface area (Å²) < 4.78 is 15.7. The van der Waals surface area contributed by atoms with Gasteiger partial charge in [0.25, 0.3) is 5.91 Å². The summed E-state index contributed by atoms with van der Waals surface area (Å²) in [6.45, 7) is 0.406. The third kappa shape index (κ3) is 3.83. The maximum absolute atomic E-state index is 12.0. The quantitative estimate of drug-likeness (QED) is 0.818. The Balaban J connectivity index is 1.58. The minimum atomic E-state index is -0.629. The van der Waals surface area contributed by atoms with Crippen molar-refractivity contribution in [3.8, 4) is 5.75 Å². The van der Waals surface area contributed by atoms with Gasteiger partial charge in [-0.1, -0.05) is 23.2 Å². The standard InChI is InChI=1S/C16H13Cl2NO5/c17-9-1-3-13(11(18)7-9)23-8-10-2-4-14(24-10)15(20)19-12-5-6-22-16(12)21/h1-4,7,12H,5-6,8H2,(H,19,20)/t12-/m0/s1. The molecule has 0 saturated carbocycles. The van der Waals surface area contributed by atoms with Gasteiger partial charge in [0.15, 0.2) is 5.76 Å². The Morgan fingerprint density at radius 3 is 2.83 bits per heavy atom. The summed E-state index contributed by atoms with van der Waals surface area (Å²) in [6.07, 6.45) is 0.455. The lowest BCUT2D eigenvalue weighted by Crippen LogP contribution is -2.37. The van der Waals surface area contributed by atoms with Crippen molar-refractivity contribution in [2.24, 2.45) is 0 Å². The van der Waals surface area contributed by atoms with E-state index in [9.17, 15) is 9.59 Å². The molecule has 0 aliphatic carbocycles. The number of rotatable bonds is 5. The highest BCUT2D eigenvalue weighted by atomic mass is 35.5. The zero-order valence-corrected chi connectivity index (χ0v) is 13.9. The summed E-state index contributed by atoms with van der Waals surface area (Å²) in [7, 11) is 0. The Hall–Kier alpha value is -2.18. The lowest BCUT2D eigenvalue weighted by Gasteiger charge is -2.07. The van der Waals surface area contributed by atoms with Gasteiger partial charge in [0.05, 0.1) is 11.6 Å². The second-order valence-electron chi connectivity index (χ2n) is 5.11. The molecule has 2 aromatic rings. The van der Waals surface area contributed by atoms with Crippen LogP contribution < -0.4 is 10.1 Å². The molecule has 1 aliphatic rings. The number of ether oxygens (including phenoxy) is 2. The van der Waals surface area contributed by atoms with Gasteiger partial charge in [0.1, 0.15) is 24.2 Å². The second kappa shape index (κ2) is 7.15. The average Bonchev–Trinajstić information content (AvgIpc) is 3.16. The number of carbonyl (C=O) groups is 2. The number of esters is 1. The second-order valence-corrected chi connectivity index (χ2v) is 5.96. The molecule has 1 atom stereocenters. The number of nitrogens with one attached hydrogen (secondary N) is 1. The normalized spacial score (nSPS) is 16.8. The van der Waals surface area contributed by atoms with Crippen LogP contribution in [0.1, 0.15) is 22.7 Å². The molecule has 1 aliphatic heterocycles. The van der Waals surface area contributed by atoms with Crippen molar-refractivity contribution < 1.29 is 23.5 Å². The Kier molecular flexibility index (Phi) is 4.97. The van der Waals surface area contributed by atoms with Gasteiger partial charge in [-0.15, -0.1) is 0 Å². The van der Waals surface area contributed by atoms with Crippen molar-refractivity contribution >= 4 is 35.1 Å². The summed E-state index contributed by atoms with van der Waals surface area (Å²) in [6, 6.07) is 7.37. The van der Waals surface area contributed by atoms with E-state index in [1.807, 2.05) is 0 Å². The first-order chi connectivity index (χ1) is 11.5. The molecule has 1 fully saturated rings. The molecule has 8 heteroatoms. The molecule has 1 amide bonds. The number of carbonyl (C=O) groups excluding carboxylic acids is 2. The highest BCUT2D eigenvalue weighted by Gasteiger charge is 2.29. The summed E-state index contributed by atoms with van der Waals surface area (Å²) in [5.41, 5.74) is 0. The van der Waals surface area contributed by atoms with Crippen LogP contribution in [-0.4, -0.2) is 24.5 Å². The van der Waals surface area contributed by atoms with E-state index in [1.54, 1.807) is 24.3 Å². The largest absolute Gasteiger partial charge is 0.484 e.